The van der Waals surface area contributed by atoms with E-state index in [9.17, 15) is 9.59 Å². The lowest BCUT2D eigenvalue weighted by Crippen LogP contribution is -3.00. The highest BCUT2D eigenvalue weighted by molar-refractivity contribution is 5.85. The van der Waals surface area contributed by atoms with Crippen molar-refractivity contribution in [2.24, 2.45) is 14.1 Å². The fourth-order valence-electron chi connectivity index (χ4n) is 2.60. The number of carbonyl (C=O) groups is 2. The van der Waals surface area contributed by atoms with Crippen LogP contribution in [0.2, 0.25) is 0 Å². The molecule has 0 atom stereocenters. The maximum Gasteiger partial charge on any atom is 0.358 e. The highest BCUT2D eigenvalue weighted by Gasteiger charge is 2.18. The van der Waals surface area contributed by atoms with Crippen molar-refractivity contribution in [1.29, 1.82) is 0 Å². The Morgan fingerprint density at radius 3 is 1.48 bits per heavy atom. The van der Waals surface area contributed by atoms with Crippen molar-refractivity contribution in [2.45, 2.75) is 32.4 Å². The number of aromatic carboxylic acids is 2. The van der Waals surface area contributed by atoms with Gasteiger partial charge >= 0.3 is 11.9 Å². The van der Waals surface area contributed by atoms with E-state index in [2.05, 4.69) is 0 Å². The lowest BCUT2D eigenvalue weighted by atomic mass is 10.2. The molecule has 0 amide bonds. The summed E-state index contributed by atoms with van der Waals surface area (Å²) in [6, 6.07) is 3.19. The summed E-state index contributed by atoms with van der Waals surface area (Å²) in [4.78, 5) is 21.9. The lowest BCUT2D eigenvalue weighted by molar-refractivity contribution is -0.776. The average Bonchev–Trinajstić information content (AvgIpc) is 3.03. The molecule has 0 aliphatic carbocycles. The van der Waals surface area contributed by atoms with Crippen LogP contribution in [0.1, 0.15) is 40.2 Å². The molecule has 0 fully saturated rings. The molecule has 25 heavy (non-hydrogen) atoms. The maximum absolute atomic E-state index is 11.0. The number of halogens is 2. The zero-order valence-corrected chi connectivity index (χ0v) is 17.3. The van der Waals surface area contributed by atoms with Crippen LogP contribution in [0.15, 0.2) is 24.5 Å². The van der Waals surface area contributed by atoms with Crippen molar-refractivity contribution in [3.05, 3.63) is 35.9 Å². The molecule has 140 valence electrons. The Morgan fingerprint density at radius 1 is 0.840 bits per heavy atom. The Hall–Kier alpha value is -1.68. The minimum Gasteiger partial charge on any atom is -1.00 e. The molecule has 10 heteroatoms. The first-order valence-electron chi connectivity index (χ1n) is 7.49. The van der Waals surface area contributed by atoms with E-state index in [1.807, 2.05) is 9.36 Å². The zero-order chi connectivity index (χ0) is 17.0. The van der Waals surface area contributed by atoms with Crippen LogP contribution in [0.25, 0.3) is 0 Å². The van der Waals surface area contributed by atoms with Gasteiger partial charge in [-0.1, -0.05) is 0 Å². The monoisotopic (exact) mass is 480 g/mol. The van der Waals surface area contributed by atoms with Gasteiger partial charge in [-0.2, -0.15) is 0 Å². The SMILES string of the molecule is Cn1c(C(=O)O)cc[n+]1CCCCC[n+]1ccc(C(=O)O)n1C.[Br-].[Br-]. The van der Waals surface area contributed by atoms with E-state index in [0.717, 1.165) is 32.4 Å². The van der Waals surface area contributed by atoms with Crippen molar-refractivity contribution in [3.8, 4) is 0 Å². The summed E-state index contributed by atoms with van der Waals surface area (Å²) in [6.45, 7) is 1.50. The number of aryl methyl sites for hydroxylation is 2. The van der Waals surface area contributed by atoms with Crippen LogP contribution < -0.4 is 43.3 Å². The average molecular weight is 482 g/mol. The summed E-state index contributed by atoms with van der Waals surface area (Å²) in [6.07, 6.45) is 6.38. The highest BCUT2D eigenvalue weighted by atomic mass is 79.9. The Kier molecular flexibility index (Phi) is 9.65. The van der Waals surface area contributed by atoms with Crippen LogP contribution in [0, 0.1) is 0 Å². The lowest BCUT2D eigenvalue weighted by Gasteiger charge is -2.00. The molecule has 2 heterocycles. The van der Waals surface area contributed by atoms with Crippen molar-refractivity contribution < 1.29 is 63.1 Å². The number of rotatable bonds is 8. The molecule has 0 radical (unpaired) electrons. The van der Waals surface area contributed by atoms with Gasteiger partial charge < -0.3 is 44.2 Å². The highest BCUT2D eigenvalue weighted by Crippen LogP contribution is 2.00. The summed E-state index contributed by atoms with van der Waals surface area (Å²) >= 11 is 0. The van der Waals surface area contributed by atoms with Crippen molar-refractivity contribution in [3.63, 3.8) is 0 Å². The second-order valence-corrected chi connectivity index (χ2v) is 5.45. The number of carboxylic acids is 2. The summed E-state index contributed by atoms with van der Waals surface area (Å²) in [5, 5.41) is 18.0. The van der Waals surface area contributed by atoms with Gasteiger partial charge in [0.15, 0.2) is 36.9 Å². The van der Waals surface area contributed by atoms with Crippen LogP contribution in [-0.2, 0) is 27.2 Å². The minimum absolute atomic E-state index is 0. The van der Waals surface area contributed by atoms with Gasteiger partial charge in [-0.25, -0.2) is 9.59 Å². The van der Waals surface area contributed by atoms with Crippen LogP contribution in [0.3, 0.4) is 0 Å². The number of unbranched alkanes of at least 4 members (excludes halogenated alkanes) is 2. The normalized spacial score (nSPS) is 10.0. The third-order valence-corrected chi connectivity index (χ3v) is 3.99. The van der Waals surface area contributed by atoms with Crippen LogP contribution in [-0.4, -0.2) is 31.5 Å². The quantitative estimate of drug-likeness (QED) is 0.290. The number of hydrogen-bond donors (Lipinski definition) is 2. The number of nitrogens with zero attached hydrogens (tertiary/aromatic N) is 4. The first kappa shape index (κ1) is 23.3. The van der Waals surface area contributed by atoms with Gasteiger partial charge in [0.2, 0.25) is 0 Å². The van der Waals surface area contributed by atoms with Crippen LogP contribution in [0.5, 0.6) is 0 Å². The summed E-state index contributed by atoms with van der Waals surface area (Å²) < 4.78 is 7.02. The summed E-state index contributed by atoms with van der Waals surface area (Å²) in [5.74, 6) is -1.86. The minimum atomic E-state index is -0.930. The van der Waals surface area contributed by atoms with E-state index in [1.54, 1.807) is 48.0 Å². The Balaban J connectivity index is 0.00000288. The topological polar surface area (TPSA) is 92.2 Å². The van der Waals surface area contributed by atoms with Crippen molar-refractivity contribution in [2.75, 3.05) is 0 Å². The van der Waals surface area contributed by atoms with Gasteiger partial charge in [0.1, 0.15) is 0 Å². The van der Waals surface area contributed by atoms with Crippen LogP contribution >= 0.6 is 0 Å². The van der Waals surface area contributed by atoms with E-state index in [0.29, 0.717) is 0 Å². The van der Waals surface area contributed by atoms with Gasteiger partial charge in [-0.15, -0.1) is 18.7 Å². The third kappa shape index (κ3) is 5.67. The molecule has 0 aliphatic heterocycles. The number of hydrogen-bond acceptors (Lipinski definition) is 2. The molecule has 0 aromatic carbocycles. The molecule has 0 aliphatic rings. The van der Waals surface area contributed by atoms with Gasteiger partial charge in [0, 0.05) is 25.0 Å². The first-order valence-corrected chi connectivity index (χ1v) is 7.49. The summed E-state index contributed by atoms with van der Waals surface area (Å²) in [7, 11) is 3.47. The van der Waals surface area contributed by atoms with E-state index in [1.165, 1.54) is 0 Å². The fourth-order valence-corrected chi connectivity index (χ4v) is 2.60. The molecule has 2 rings (SSSR count). The molecule has 2 aromatic heterocycles. The molecule has 0 bridgehead atoms. The third-order valence-electron chi connectivity index (χ3n) is 3.99. The second kappa shape index (κ2) is 10.3. The van der Waals surface area contributed by atoms with Gasteiger partial charge in [0.25, 0.3) is 0 Å². The molecule has 0 spiro atoms. The molecule has 8 nitrogen and oxygen atoms in total. The molecule has 0 saturated heterocycles. The number of aromatic nitrogens is 4. The zero-order valence-electron chi connectivity index (χ0n) is 14.1. The van der Waals surface area contributed by atoms with E-state index in [-0.39, 0.29) is 45.4 Å². The standard InChI is InChI=1S/C15H20N4O4.2BrH/c1-16-12(14(20)21)6-10-18(16)8-4-3-5-9-19-11-7-13(15(22)23)17(19)2;;/h6-7,10-11H,3-5,8-9H2,1-2H3;2*1H. The van der Waals surface area contributed by atoms with E-state index < -0.39 is 11.9 Å². The largest absolute Gasteiger partial charge is 1.00 e. The van der Waals surface area contributed by atoms with E-state index >= 15 is 0 Å². The Bertz CT molecular complexity index is 667. The molecular formula is C15H22Br2N4O4. The Labute approximate surface area is 166 Å². The molecule has 2 N–H and O–H groups in total. The molecule has 0 unspecified atom stereocenters. The fraction of sp³-hybridized carbons (Fsp3) is 0.467. The van der Waals surface area contributed by atoms with Crippen LogP contribution in [0.4, 0.5) is 0 Å². The molecule has 0 saturated carbocycles. The second-order valence-electron chi connectivity index (χ2n) is 5.45. The molecule has 2 aromatic rings. The predicted octanol–water partition coefficient (Wildman–Crippen LogP) is -5.79. The Morgan fingerprint density at radius 2 is 1.20 bits per heavy atom. The summed E-state index contributed by atoms with van der Waals surface area (Å²) in [5.41, 5.74) is 0.538. The van der Waals surface area contributed by atoms with Crippen molar-refractivity contribution in [1.82, 2.24) is 9.36 Å². The predicted molar refractivity (Wildman–Crippen MR) is 79.0 cm³/mol. The molecular weight excluding hydrogens is 460 g/mol. The first-order chi connectivity index (χ1) is 10.9. The van der Waals surface area contributed by atoms with Gasteiger partial charge in [0.05, 0.1) is 14.1 Å². The smallest absolute Gasteiger partial charge is 0.358 e. The van der Waals surface area contributed by atoms with Crippen molar-refractivity contribution >= 4 is 11.9 Å². The maximum atomic E-state index is 11.0. The van der Waals surface area contributed by atoms with Gasteiger partial charge in [-0.3, -0.25) is 0 Å². The number of carboxylic acid groups (broad SMARTS) is 2. The van der Waals surface area contributed by atoms with Gasteiger partial charge in [-0.05, 0) is 6.42 Å². The van der Waals surface area contributed by atoms with E-state index in [4.69, 9.17) is 10.2 Å².